The predicted octanol–water partition coefficient (Wildman–Crippen LogP) is 3.69. The summed E-state index contributed by atoms with van der Waals surface area (Å²) in [4.78, 5) is 14.7. The molecule has 0 spiro atoms. The van der Waals surface area contributed by atoms with Crippen molar-refractivity contribution in [3.63, 3.8) is 0 Å². The quantitative estimate of drug-likeness (QED) is 0.690. The van der Waals surface area contributed by atoms with Gasteiger partial charge in [-0.05, 0) is 57.2 Å². The van der Waals surface area contributed by atoms with Gasteiger partial charge in [0, 0.05) is 13.1 Å². The smallest absolute Gasteiger partial charge is 0.237 e. The van der Waals surface area contributed by atoms with Crippen LogP contribution in [0.25, 0.3) is 0 Å². The van der Waals surface area contributed by atoms with E-state index in [1.165, 1.54) is 37.7 Å². The first-order valence-corrected chi connectivity index (χ1v) is 11.0. The molecular formula is C23H36N2O3. The molecule has 1 aromatic carbocycles. The van der Waals surface area contributed by atoms with Crippen molar-refractivity contribution in [1.29, 1.82) is 0 Å². The maximum absolute atomic E-state index is 12.5. The summed E-state index contributed by atoms with van der Waals surface area (Å²) in [6.45, 7) is 6.92. The van der Waals surface area contributed by atoms with Gasteiger partial charge in [0.1, 0.15) is 12.4 Å². The second-order valence-corrected chi connectivity index (χ2v) is 8.26. The molecule has 1 aliphatic carbocycles. The van der Waals surface area contributed by atoms with Crippen LogP contribution in [0.15, 0.2) is 24.3 Å². The number of aryl methyl sites for hydroxylation is 1. The molecule has 1 saturated heterocycles. The Bertz CT molecular complexity index is 608. The minimum atomic E-state index is -0.102. The molecule has 0 aromatic heterocycles. The molecule has 2 aliphatic rings. The van der Waals surface area contributed by atoms with E-state index >= 15 is 0 Å². The van der Waals surface area contributed by atoms with Gasteiger partial charge in [-0.2, -0.15) is 0 Å². The molecule has 5 nitrogen and oxygen atoms in total. The van der Waals surface area contributed by atoms with Crippen LogP contribution in [0, 0.1) is 6.92 Å². The van der Waals surface area contributed by atoms with Gasteiger partial charge in [-0.3, -0.25) is 9.69 Å². The van der Waals surface area contributed by atoms with Crippen molar-refractivity contribution in [2.24, 2.45) is 0 Å². The van der Waals surface area contributed by atoms with Gasteiger partial charge in [-0.25, -0.2) is 0 Å². The molecule has 5 heteroatoms. The van der Waals surface area contributed by atoms with Crippen molar-refractivity contribution in [3.05, 3.63) is 29.8 Å². The SMILES string of the molecule is Cc1cccc(OCCNC(=O)C(C)N2CCC(OC3CCCCC3)CC2)c1. The molecule has 1 aromatic rings. The van der Waals surface area contributed by atoms with Gasteiger partial charge in [0.15, 0.2) is 0 Å². The van der Waals surface area contributed by atoms with Crippen LogP contribution in [0.4, 0.5) is 0 Å². The van der Waals surface area contributed by atoms with Gasteiger partial charge in [0.05, 0.1) is 24.8 Å². The average molecular weight is 389 g/mol. The van der Waals surface area contributed by atoms with E-state index in [1.54, 1.807) is 0 Å². The van der Waals surface area contributed by atoms with Crippen molar-refractivity contribution in [2.75, 3.05) is 26.2 Å². The van der Waals surface area contributed by atoms with Gasteiger partial charge < -0.3 is 14.8 Å². The number of carbonyl (C=O) groups excluding carboxylic acids is 1. The van der Waals surface area contributed by atoms with E-state index in [1.807, 2.05) is 38.1 Å². The summed E-state index contributed by atoms with van der Waals surface area (Å²) >= 11 is 0. The molecule has 0 radical (unpaired) electrons. The third kappa shape index (κ3) is 6.49. The Hall–Kier alpha value is -1.59. The number of nitrogens with one attached hydrogen (secondary N) is 1. The summed E-state index contributed by atoms with van der Waals surface area (Å²) in [5, 5.41) is 3.00. The molecule has 1 aliphatic heterocycles. The molecule has 1 atom stereocenters. The minimum Gasteiger partial charge on any atom is -0.492 e. The first-order valence-electron chi connectivity index (χ1n) is 11.0. The highest BCUT2D eigenvalue weighted by Gasteiger charge is 2.28. The van der Waals surface area contributed by atoms with E-state index in [0.717, 1.165) is 31.7 Å². The second-order valence-electron chi connectivity index (χ2n) is 8.26. The molecule has 156 valence electrons. The number of carbonyl (C=O) groups is 1. The lowest BCUT2D eigenvalue weighted by molar-refractivity contribution is -0.127. The summed E-state index contributed by atoms with van der Waals surface area (Å²) in [7, 11) is 0. The Morgan fingerprint density at radius 1 is 1.14 bits per heavy atom. The second kappa shape index (κ2) is 10.8. The van der Waals surface area contributed by atoms with Gasteiger partial charge >= 0.3 is 0 Å². The highest BCUT2D eigenvalue weighted by Crippen LogP contribution is 2.25. The average Bonchev–Trinajstić information content (AvgIpc) is 2.72. The van der Waals surface area contributed by atoms with Gasteiger partial charge in [-0.15, -0.1) is 0 Å². The number of hydrogen-bond donors (Lipinski definition) is 1. The number of nitrogens with zero attached hydrogens (tertiary/aromatic N) is 1. The summed E-state index contributed by atoms with van der Waals surface area (Å²) in [5.41, 5.74) is 1.17. The van der Waals surface area contributed by atoms with Crippen LogP contribution in [0.1, 0.15) is 57.4 Å². The predicted molar refractivity (Wildman–Crippen MR) is 112 cm³/mol. The lowest BCUT2D eigenvalue weighted by atomic mass is 9.97. The number of amides is 1. The normalized spacial score (nSPS) is 20.6. The lowest BCUT2D eigenvalue weighted by Crippen LogP contribution is -2.50. The number of benzene rings is 1. The molecule has 1 heterocycles. The molecule has 1 saturated carbocycles. The fourth-order valence-electron chi connectivity index (χ4n) is 4.23. The van der Waals surface area contributed by atoms with Crippen LogP contribution < -0.4 is 10.1 Å². The molecule has 1 unspecified atom stereocenters. The summed E-state index contributed by atoms with van der Waals surface area (Å²) in [6, 6.07) is 7.86. The van der Waals surface area contributed by atoms with Gasteiger partial charge in [-0.1, -0.05) is 31.4 Å². The van der Waals surface area contributed by atoms with Crippen LogP contribution in [-0.2, 0) is 9.53 Å². The van der Waals surface area contributed by atoms with E-state index in [0.29, 0.717) is 25.4 Å². The van der Waals surface area contributed by atoms with E-state index < -0.39 is 0 Å². The third-order valence-electron chi connectivity index (χ3n) is 6.00. The highest BCUT2D eigenvalue weighted by atomic mass is 16.5. The number of likely N-dealkylation sites (tertiary alicyclic amines) is 1. The summed E-state index contributed by atoms with van der Waals surface area (Å²) in [6.07, 6.45) is 9.35. The maximum Gasteiger partial charge on any atom is 0.237 e. The van der Waals surface area contributed by atoms with Crippen molar-refractivity contribution in [3.8, 4) is 5.75 Å². The highest BCUT2D eigenvalue weighted by molar-refractivity contribution is 5.81. The van der Waals surface area contributed by atoms with Crippen LogP contribution in [-0.4, -0.2) is 55.3 Å². The minimum absolute atomic E-state index is 0.0829. The summed E-state index contributed by atoms with van der Waals surface area (Å²) in [5.74, 6) is 0.932. The van der Waals surface area contributed by atoms with E-state index in [4.69, 9.17) is 9.47 Å². The fourth-order valence-corrected chi connectivity index (χ4v) is 4.23. The van der Waals surface area contributed by atoms with E-state index in [2.05, 4.69) is 10.2 Å². The Morgan fingerprint density at radius 2 is 1.86 bits per heavy atom. The molecule has 28 heavy (non-hydrogen) atoms. The fraction of sp³-hybridized carbons (Fsp3) is 0.696. The number of piperidine rings is 1. The standard InChI is InChI=1S/C23H36N2O3/c1-18-7-6-10-22(17-18)27-16-13-24-23(26)19(2)25-14-11-21(12-15-25)28-20-8-4-3-5-9-20/h6-7,10,17,19-21H,3-5,8-9,11-16H2,1-2H3,(H,24,26). The lowest BCUT2D eigenvalue weighted by Gasteiger charge is -2.37. The number of hydrogen-bond acceptors (Lipinski definition) is 4. The number of ether oxygens (including phenoxy) is 2. The van der Waals surface area contributed by atoms with Crippen LogP contribution in [0.2, 0.25) is 0 Å². The Morgan fingerprint density at radius 3 is 2.57 bits per heavy atom. The van der Waals surface area contributed by atoms with Crippen LogP contribution in [0.3, 0.4) is 0 Å². The topological polar surface area (TPSA) is 50.8 Å². The largest absolute Gasteiger partial charge is 0.492 e. The molecule has 3 rings (SSSR count). The zero-order valence-corrected chi connectivity index (χ0v) is 17.5. The van der Waals surface area contributed by atoms with Crippen molar-refractivity contribution < 1.29 is 14.3 Å². The van der Waals surface area contributed by atoms with Crippen molar-refractivity contribution in [1.82, 2.24) is 10.2 Å². The van der Waals surface area contributed by atoms with Crippen molar-refractivity contribution in [2.45, 2.75) is 77.0 Å². The first-order chi connectivity index (χ1) is 13.6. The Balaban J connectivity index is 1.31. The number of rotatable bonds is 8. The zero-order chi connectivity index (χ0) is 19.8. The molecule has 0 bridgehead atoms. The first kappa shape index (κ1) is 21.1. The Kier molecular flexibility index (Phi) is 8.16. The van der Waals surface area contributed by atoms with Gasteiger partial charge in [0.2, 0.25) is 5.91 Å². The monoisotopic (exact) mass is 388 g/mol. The molecule has 2 fully saturated rings. The van der Waals surface area contributed by atoms with E-state index in [-0.39, 0.29) is 11.9 Å². The molecular weight excluding hydrogens is 352 g/mol. The third-order valence-corrected chi connectivity index (χ3v) is 6.00. The summed E-state index contributed by atoms with van der Waals surface area (Å²) < 4.78 is 12.0. The maximum atomic E-state index is 12.5. The van der Waals surface area contributed by atoms with Crippen molar-refractivity contribution >= 4 is 5.91 Å². The van der Waals surface area contributed by atoms with Crippen LogP contribution in [0.5, 0.6) is 5.75 Å². The molecule has 1 amide bonds. The van der Waals surface area contributed by atoms with E-state index in [9.17, 15) is 4.79 Å². The zero-order valence-electron chi connectivity index (χ0n) is 17.5. The van der Waals surface area contributed by atoms with Gasteiger partial charge in [0.25, 0.3) is 0 Å². The Labute approximate surface area is 169 Å². The molecule has 1 N–H and O–H groups in total. The van der Waals surface area contributed by atoms with Crippen LogP contribution >= 0.6 is 0 Å².